The van der Waals surface area contributed by atoms with Crippen LogP contribution in [0.4, 0.5) is 0 Å². The van der Waals surface area contributed by atoms with Crippen LogP contribution in [-0.2, 0) is 18.9 Å². The number of aliphatic hydroxyl groups is 11. The molecule has 22 heteroatoms. The first-order valence-corrected chi connectivity index (χ1v) is 16.7. The van der Waals surface area contributed by atoms with E-state index in [0.717, 1.165) is 24.3 Å². The van der Waals surface area contributed by atoms with E-state index in [9.17, 15) is 76.3 Å². The average molecular weight is 789 g/mol. The van der Waals surface area contributed by atoms with E-state index in [1.807, 2.05) is 0 Å². The molecule has 0 radical (unpaired) electrons. The lowest BCUT2D eigenvalue weighted by Crippen LogP contribution is -2.65. The van der Waals surface area contributed by atoms with Gasteiger partial charge in [0.25, 0.3) is 0 Å². The summed E-state index contributed by atoms with van der Waals surface area (Å²) in [6.45, 7) is -2.56. The summed E-state index contributed by atoms with van der Waals surface area (Å²) < 4.78 is 39.5. The lowest BCUT2D eigenvalue weighted by Gasteiger charge is -2.45. The zero-order valence-corrected chi connectivity index (χ0v) is 28.2. The van der Waals surface area contributed by atoms with Crippen molar-refractivity contribution in [2.24, 2.45) is 0 Å². The Morgan fingerprint density at radius 2 is 1.11 bits per heavy atom. The molecule has 22 nitrogen and oxygen atoms in total. The summed E-state index contributed by atoms with van der Waals surface area (Å²) in [7, 11) is 0. The summed E-state index contributed by atoms with van der Waals surface area (Å²) in [5.74, 6) is -3.84. The first kappa shape index (κ1) is 40.7. The standard InChI is InChI=1S/C33H40O22/c34-6-15-19(40)23(44)26(47)31(51-15)49-10-4-13(39)18-14(5-10)50-28(9-1-2-11(37)12(38)3-9)29(22(18)43)54-33-30(25(46)21(42)17(8-36)53-33)55-32-27(48)24(45)20(41)16(7-35)52-32/h1-5,15-17,19-21,23-27,30-42,44-48H,6-8H2/t15-,16-,17-,19-,20-,21+,23+,24+,25+,26-,27-,30-,31-,32+,33+/m1/s1. The normalized spacial score (nSPS) is 36.8. The Morgan fingerprint density at radius 1 is 0.564 bits per heavy atom. The Bertz CT molecular complexity index is 1870. The van der Waals surface area contributed by atoms with Crippen LogP contribution < -0.4 is 14.9 Å². The molecule has 3 aromatic rings. The smallest absolute Gasteiger partial charge is 0.239 e. The minimum atomic E-state index is -2.05. The third-order valence-corrected chi connectivity index (χ3v) is 9.44. The van der Waals surface area contributed by atoms with E-state index in [2.05, 4.69) is 0 Å². The van der Waals surface area contributed by atoms with Crippen molar-refractivity contribution in [1.82, 2.24) is 0 Å². The van der Waals surface area contributed by atoms with Crippen molar-refractivity contribution in [3.05, 3.63) is 40.6 Å². The Hall–Kier alpha value is -3.95. The molecule has 3 aliphatic rings. The van der Waals surface area contributed by atoms with Gasteiger partial charge in [-0.1, -0.05) is 0 Å². The van der Waals surface area contributed by atoms with Gasteiger partial charge in [0.2, 0.25) is 23.8 Å². The summed E-state index contributed by atoms with van der Waals surface area (Å²) in [5, 5.41) is 143. The van der Waals surface area contributed by atoms with Gasteiger partial charge < -0.3 is 104 Å². The molecule has 3 aliphatic heterocycles. The molecule has 2 aromatic carbocycles. The minimum Gasteiger partial charge on any atom is -0.507 e. The van der Waals surface area contributed by atoms with Gasteiger partial charge in [-0.05, 0) is 18.2 Å². The molecule has 6 rings (SSSR count). The number of aromatic hydroxyl groups is 3. The quantitative estimate of drug-likeness (QED) is 0.0853. The molecule has 4 heterocycles. The molecule has 0 saturated carbocycles. The highest BCUT2D eigenvalue weighted by atomic mass is 16.8. The van der Waals surface area contributed by atoms with Crippen LogP contribution in [0.5, 0.6) is 28.7 Å². The molecule has 3 saturated heterocycles. The number of phenolic OH excluding ortho intramolecular Hbond substituents is 3. The van der Waals surface area contributed by atoms with Crippen LogP contribution in [0.25, 0.3) is 22.3 Å². The van der Waals surface area contributed by atoms with Gasteiger partial charge in [-0.2, -0.15) is 0 Å². The van der Waals surface area contributed by atoms with Crippen LogP contribution >= 0.6 is 0 Å². The molecule has 304 valence electrons. The number of hydrogen-bond donors (Lipinski definition) is 14. The molecule has 3 fully saturated rings. The fourth-order valence-electron chi connectivity index (χ4n) is 6.33. The predicted molar refractivity (Wildman–Crippen MR) is 174 cm³/mol. The second kappa shape index (κ2) is 16.3. The first-order chi connectivity index (χ1) is 26.1. The zero-order valence-electron chi connectivity index (χ0n) is 28.2. The number of fused-ring (bicyclic) bond motifs is 1. The van der Waals surface area contributed by atoms with Gasteiger partial charge in [-0.15, -0.1) is 0 Å². The predicted octanol–water partition coefficient (Wildman–Crippen LogP) is -5.24. The Morgan fingerprint density at radius 3 is 1.69 bits per heavy atom. The van der Waals surface area contributed by atoms with Crippen molar-refractivity contribution < 1.29 is 104 Å². The molecule has 0 amide bonds. The third-order valence-electron chi connectivity index (χ3n) is 9.44. The number of benzene rings is 2. The summed E-state index contributed by atoms with van der Waals surface area (Å²) in [6.07, 6.45) is -27.2. The average Bonchev–Trinajstić information content (AvgIpc) is 3.16. The number of aliphatic hydroxyl groups excluding tert-OH is 11. The van der Waals surface area contributed by atoms with E-state index in [0.29, 0.717) is 0 Å². The summed E-state index contributed by atoms with van der Waals surface area (Å²) in [6, 6.07) is 5.03. The van der Waals surface area contributed by atoms with Gasteiger partial charge in [0.15, 0.2) is 29.7 Å². The van der Waals surface area contributed by atoms with Crippen molar-refractivity contribution in [3.8, 4) is 40.1 Å². The fourth-order valence-corrected chi connectivity index (χ4v) is 6.33. The van der Waals surface area contributed by atoms with E-state index < -0.39 is 157 Å². The summed E-state index contributed by atoms with van der Waals surface area (Å²) in [5.41, 5.74) is -1.77. The highest BCUT2D eigenvalue weighted by Crippen LogP contribution is 2.41. The lowest BCUT2D eigenvalue weighted by molar-refractivity contribution is -0.358. The SMILES string of the molecule is O=c1c(O[C@@H]2O[C@H](CO)[C@H](O)[C@H](O)[C@H]2O[C@@H]2O[C@H](CO)[C@@H](O)[C@H](O)[C@H]2O)c(-c2ccc(O)c(O)c2)oc2cc(O[C@@H]3O[C@H](CO)[C@@H](O)[C@H](O)[C@H]3O)cc(O)c12. The Kier molecular flexibility index (Phi) is 12.0. The van der Waals surface area contributed by atoms with E-state index in [1.165, 1.54) is 6.07 Å². The minimum absolute atomic E-state index is 0.162. The van der Waals surface area contributed by atoms with Crippen LogP contribution in [-0.4, -0.2) is 183 Å². The highest BCUT2D eigenvalue weighted by molar-refractivity contribution is 5.88. The van der Waals surface area contributed by atoms with Crippen molar-refractivity contribution in [3.63, 3.8) is 0 Å². The maximum Gasteiger partial charge on any atom is 0.239 e. The van der Waals surface area contributed by atoms with Crippen LogP contribution in [0, 0.1) is 0 Å². The molecule has 15 atom stereocenters. The number of rotatable bonds is 10. The second-order valence-corrected chi connectivity index (χ2v) is 13.0. The van der Waals surface area contributed by atoms with E-state index in [-0.39, 0.29) is 11.3 Å². The van der Waals surface area contributed by atoms with Gasteiger partial charge >= 0.3 is 0 Å². The molecule has 1 aromatic heterocycles. The molecule has 55 heavy (non-hydrogen) atoms. The largest absolute Gasteiger partial charge is 0.507 e. The molecular formula is C33H40O22. The lowest BCUT2D eigenvalue weighted by atomic mass is 9.97. The fraction of sp³-hybridized carbons (Fsp3) is 0.545. The van der Waals surface area contributed by atoms with Gasteiger partial charge in [0.05, 0.1) is 19.8 Å². The van der Waals surface area contributed by atoms with Gasteiger partial charge in [0, 0.05) is 17.7 Å². The number of phenols is 3. The molecule has 0 bridgehead atoms. The molecular weight excluding hydrogens is 748 g/mol. The van der Waals surface area contributed by atoms with Crippen molar-refractivity contribution in [1.29, 1.82) is 0 Å². The van der Waals surface area contributed by atoms with E-state index in [4.69, 9.17) is 32.8 Å². The van der Waals surface area contributed by atoms with Crippen LogP contribution in [0.3, 0.4) is 0 Å². The van der Waals surface area contributed by atoms with Gasteiger partial charge in [-0.25, -0.2) is 0 Å². The monoisotopic (exact) mass is 788 g/mol. The van der Waals surface area contributed by atoms with E-state index >= 15 is 0 Å². The van der Waals surface area contributed by atoms with Crippen molar-refractivity contribution >= 4 is 11.0 Å². The highest BCUT2D eigenvalue weighted by Gasteiger charge is 2.52. The first-order valence-electron chi connectivity index (χ1n) is 16.7. The molecule has 0 aliphatic carbocycles. The topological polar surface area (TPSA) is 369 Å². The maximum absolute atomic E-state index is 14.2. The number of ether oxygens (including phenoxy) is 6. The van der Waals surface area contributed by atoms with Crippen LogP contribution in [0.1, 0.15) is 0 Å². The van der Waals surface area contributed by atoms with Crippen LogP contribution in [0.2, 0.25) is 0 Å². The Labute approximate surface area is 307 Å². The Balaban J connectivity index is 1.43. The van der Waals surface area contributed by atoms with E-state index in [1.54, 1.807) is 0 Å². The van der Waals surface area contributed by atoms with Gasteiger partial charge in [0.1, 0.15) is 89.6 Å². The molecule has 0 unspecified atom stereocenters. The second-order valence-electron chi connectivity index (χ2n) is 13.0. The van der Waals surface area contributed by atoms with Crippen molar-refractivity contribution in [2.75, 3.05) is 19.8 Å². The number of hydrogen-bond acceptors (Lipinski definition) is 22. The maximum atomic E-state index is 14.2. The van der Waals surface area contributed by atoms with Crippen LogP contribution in [0.15, 0.2) is 39.5 Å². The van der Waals surface area contributed by atoms with Crippen molar-refractivity contribution in [2.45, 2.75) is 92.1 Å². The third kappa shape index (κ3) is 7.63. The molecule has 14 N–H and O–H groups in total. The summed E-state index contributed by atoms with van der Waals surface area (Å²) in [4.78, 5) is 14.2. The summed E-state index contributed by atoms with van der Waals surface area (Å²) >= 11 is 0. The zero-order chi connectivity index (χ0) is 40.0. The molecule has 0 spiro atoms. The van der Waals surface area contributed by atoms with Gasteiger partial charge in [-0.3, -0.25) is 4.79 Å².